The molecule has 0 aliphatic carbocycles. The lowest BCUT2D eigenvalue weighted by atomic mass is 10.2. The Kier molecular flexibility index (Phi) is 4.71. The van der Waals surface area contributed by atoms with Gasteiger partial charge in [0.05, 0.1) is 36.4 Å². The third-order valence-corrected chi connectivity index (χ3v) is 5.19. The van der Waals surface area contributed by atoms with E-state index in [-0.39, 0.29) is 5.91 Å². The molecular formula is C17H15N3O3S2. The average Bonchev–Trinajstić information content (AvgIpc) is 2.99. The van der Waals surface area contributed by atoms with Crippen molar-refractivity contribution < 1.29 is 14.3 Å². The summed E-state index contributed by atoms with van der Waals surface area (Å²) in [7, 11) is 0. The fourth-order valence-corrected chi connectivity index (χ4v) is 3.75. The molecule has 1 aliphatic rings. The summed E-state index contributed by atoms with van der Waals surface area (Å²) >= 11 is 2.59. The van der Waals surface area contributed by atoms with Crippen LogP contribution in [0.5, 0.6) is 11.5 Å². The first-order valence-corrected chi connectivity index (χ1v) is 9.55. The Morgan fingerprint density at radius 3 is 2.96 bits per heavy atom. The Labute approximate surface area is 152 Å². The SMILES string of the molecule is O=C(CSc1ccc2c(c1)OCCCO2)Nc1cccc2nsnc12. The zero-order valence-corrected chi connectivity index (χ0v) is 14.9. The van der Waals surface area contributed by atoms with E-state index in [0.717, 1.165) is 45.6 Å². The summed E-state index contributed by atoms with van der Waals surface area (Å²) in [4.78, 5) is 13.2. The number of anilines is 1. The summed E-state index contributed by atoms with van der Waals surface area (Å²) in [6.07, 6.45) is 0.872. The number of benzene rings is 2. The van der Waals surface area contributed by atoms with E-state index < -0.39 is 0 Å². The van der Waals surface area contributed by atoms with Crippen molar-refractivity contribution in [3.05, 3.63) is 36.4 Å². The van der Waals surface area contributed by atoms with Gasteiger partial charge in [0.15, 0.2) is 11.5 Å². The highest BCUT2D eigenvalue weighted by Crippen LogP contribution is 2.34. The molecule has 0 unspecified atom stereocenters. The minimum atomic E-state index is -0.0855. The smallest absolute Gasteiger partial charge is 0.234 e. The lowest BCUT2D eigenvalue weighted by molar-refractivity contribution is -0.113. The largest absolute Gasteiger partial charge is 0.490 e. The third kappa shape index (κ3) is 3.69. The molecule has 2 heterocycles. The Morgan fingerprint density at radius 2 is 2.04 bits per heavy atom. The van der Waals surface area contributed by atoms with Crippen molar-refractivity contribution >= 4 is 46.1 Å². The van der Waals surface area contributed by atoms with Crippen LogP contribution in [0.2, 0.25) is 0 Å². The molecule has 0 bridgehead atoms. The molecule has 4 rings (SSSR count). The number of nitrogens with zero attached hydrogens (tertiary/aromatic N) is 2. The summed E-state index contributed by atoms with van der Waals surface area (Å²) in [5.41, 5.74) is 2.20. The molecule has 1 aromatic heterocycles. The van der Waals surface area contributed by atoms with Crippen LogP contribution in [0.4, 0.5) is 5.69 Å². The minimum Gasteiger partial charge on any atom is -0.490 e. The van der Waals surface area contributed by atoms with Gasteiger partial charge in [0.1, 0.15) is 11.0 Å². The fraction of sp³-hybridized carbons (Fsp3) is 0.235. The van der Waals surface area contributed by atoms with E-state index in [0.29, 0.717) is 24.7 Å². The normalized spacial score (nSPS) is 13.4. The lowest BCUT2D eigenvalue weighted by Crippen LogP contribution is -2.14. The Bertz CT molecular complexity index is 913. The Hall–Kier alpha value is -2.32. The number of carbonyl (C=O) groups excluding carboxylic acids is 1. The monoisotopic (exact) mass is 373 g/mol. The van der Waals surface area contributed by atoms with E-state index in [1.54, 1.807) is 0 Å². The van der Waals surface area contributed by atoms with Gasteiger partial charge in [-0.2, -0.15) is 8.75 Å². The van der Waals surface area contributed by atoms with Crippen LogP contribution in [0.15, 0.2) is 41.3 Å². The summed E-state index contributed by atoms with van der Waals surface area (Å²) in [6.45, 7) is 1.31. The van der Waals surface area contributed by atoms with E-state index >= 15 is 0 Å². The predicted octanol–water partition coefficient (Wildman–Crippen LogP) is 3.58. The molecule has 0 spiro atoms. The standard InChI is InChI=1S/C17H15N3O3S2/c21-16(18-12-3-1-4-13-17(12)20-25-19-13)10-24-11-5-6-14-15(9-11)23-8-2-7-22-14/h1,3-6,9H,2,7-8,10H2,(H,18,21). The molecule has 0 saturated heterocycles. The van der Waals surface area contributed by atoms with Gasteiger partial charge < -0.3 is 14.8 Å². The lowest BCUT2D eigenvalue weighted by Gasteiger charge is -2.09. The van der Waals surface area contributed by atoms with E-state index in [2.05, 4.69) is 14.1 Å². The van der Waals surface area contributed by atoms with Crippen LogP contribution in [-0.4, -0.2) is 33.6 Å². The summed E-state index contributed by atoms with van der Waals surface area (Å²) in [5, 5.41) is 2.90. The van der Waals surface area contributed by atoms with E-state index in [4.69, 9.17) is 9.47 Å². The van der Waals surface area contributed by atoms with Gasteiger partial charge in [-0.3, -0.25) is 4.79 Å². The summed E-state index contributed by atoms with van der Waals surface area (Å²) < 4.78 is 19.7. The molecule has 6 nitrogen and oxygen atoms in total. The van der Waals surface area contributed by atoms with Gasteiger partial charge in [0, 0.05) is 11.3 Å². The first-order chi connectivity index (χ1) is 12.3. The zero-order chi connectivity index (χ0) is 17.1. The van der Waals surface area contributed by atoms with Gasteiger partial charge in [-0.1, -0.05) is 6.07 Å². The molecule has 1 aliphatic heterocycles. The highest BCUT2D eigenvalue weighted by molar-refractivity contribution is 8.00. The second kappa shape index (κ2) is 7.28. The third-order valence-electron chi connectivity index (χ3n) is 3.65. The van der Waals surface area contributed by atoms with Crippen molar-refractivity contribution in [2.75, 3.05) is 24.3 Å². The molecule has 3 aromatic rings. The Balaban J connectivity index is 1.40. The van der Waals surface area contributed by atoms with Gasteiger partial charge in [-0.15, -0.1) is 11.8 Å². The van der Waals surface area contributed by atoms with Crippen LogP contribution in [0.3, 0.4) is 0 Å². The van der Waals surface area contributed by atoms with Crippen LogP contribution < -0.4 is 14.8 Å². The molecule has 0 saturated carbocycles. The first kappa shape index (κ1) is 16.2. The molecule has 0 fully saturated rings. The van der Waals surface area contributed by atoms with Gasteiger partial charge in [-0.05, 0) is 30.3 Å². The molecule has 8 heteroatoms. The summed E-state index contributed by atoms with van der Waals surface area (Å²) in [6, 6.07) is 11.3. The number of amides is 1. The van der Waals surface area contributed by atoms with E-state index in [9.17, 15) is 4.79 Å². The maximum atomic E-state index is 12.3. The molecule has 0 radical (unpaired) electrons. The second-order valence-electron chi connectivity index (χ2n) is 5.43. The van der Waals surface area contributed by atoms with Crippen molar-refractivity contribution in [3.63, 3.8) is 0 Å². The molecule has 1 amide bonds. The van der Waals surface area contributed by atoms with E-state index in [1.807, 2.05) is 36.4 Å². The molecule has 128 valence electrons. The fourth-order valence-electron chi connectivity index (χ4n) is 2.48. The van der Waals surface area contributed by atoms with Gasteiger partial charge in [-0.25, -0.2) is 0 Å². The molecule has 2 aromatic carbocycles. The van der Waals surface area contributed by atoms with Crippen LogP contribution >= 0.6 is 23.5 Å². The number of carbonyl (C=O) groups is 1. The van der Waals surface area contributed by atoms with E-state index in [1.165, 1.54) is 11.8 Å². The molecular weight excluding hydrogens is 358 g/mol. The van der Waals surface area contributed by atoms with Crippen LogP contribution in [0.25, 0.3) is 11.0 Å². The number of fused-ring (bicyclic) bond motifs is 2. The predicted molar refractivity (Wildman–Crippen MR) is 98.8 cm³/mol. The zero-order valence-electron chi connectivity index (χ0n) is 13.2. The topological polar surface area (TPSA) is 73.3 Å². The number of hydrogen-bond donors (Lipinski definition) is 1. The summed E-state index contributed by atoms with van der Waals surface area (Å²) in [5.74, 6) is 1.71. The molecule has 25 heavy (non-hydrogen) atoms. The highest BCUT2D eigenvalue weighted by Gasteiger charge is 2.13. The van der Waals surface area contributed by atoms with Gasteiger partial charge >= 0.3 is 0 Å². The molecule has 0 atom stereocenters. The van der Waals surface area contributed by atoms with Crippen molar-refractivity contribution in [1.82, 2.24) is 8.75 Å². The number of nitrogens with one attached hydrogen (secondary N) is 1. The number of thioether (sulfide) groups is 1. The maximum absolute atomic E-state index is 12.3. The van der Waals surface area contributed by atoms with Crippen molar-refractivity contribution in [3.8, 4) is 11.5 Å². The number of hydrogen-bond acceptors (Lipinski definition) is 7. The number of rotatable bonds is 4. The quantitative estimate of drug-likeness (QED) is 0.705. The van der Waals surface area contributed by atoms with Crippen LogP contribution in [-0.2, 0) is 4.79 Å². The highest BCUT2D eigenvalue weighted by atomic mass is 32.2. The van der Waals surface area contributed by atoms with Gasteiger partial charge in [0.25, 0.3) is 0 Å². The number of ether oxygens (including phenoxy) is 2. The maximum Gasteiger partial charge on any atom is 0.234 e. The van der Waals surface area contributed by atoms with Crippen LogP contribution in [0, 0.1) is 0 Å². The average molecular weight is 373 g/mol. The Morgan fingerprint density at radius 1 is 1.16 bits per heavy atom. The van der Waals surface area contributed by atoms with Crippen molar-refractivity contribution in [1.29, 1.82) is 0 Å². The second-order valence-corrected chi connectivity index (χ2v) is 7.01. The van der Waals surface area contributed by atoms with Crippen molar-refractivity contribution in [2.45, 2.75) is 11.3 Å². The first-order valence-electron chi connectivity index (χ1n) is 7.83. The minimum absolute atomic E-state index is 0.0855. The molecule has 1 N–H and O–H groups in total. The van der Waals surface area contributed by atoms with Gasteiger partial charge in [0.2, 0.25) is 5.91 Å². The van der Waals surface area contributed by atoms with Crippen LogP contribution in [0.1, 0.15) is 6.42 Å². The van der Waals surface area contributed by atoms with Crippen molar-refractivity contribution in [2.24, 2.45) is 0 Å². The number of aromatic nitrogens is 2.